The lowest BCUT2D eigenvalue weighted by Crippen LogP contribution is -2.29. The number of carboxylic acids is 2. The van der Waals surface area contributed by atoms with Crippen LogP contribution in [0.1, 0.15) is 31.2 Å². The average molecular weight is 440 g/mol. The molecular formula is C19H21NO7S2. The van der Waals surface area contributed by atoms with Crippen molar-refractivity contribution in [1.29, 1.82) is 0 Å². The molecule has 1 heterocycles. The number of hydrogen-bond acceptors (Lipinski definition) is 7. The molecule has 0 aliphatic carbocycles. The monoisotopic (exact) mass is 439 g/mol. The van der Waals surface area contributed by atoms with Gasteiger partial charge >= 0.3 is 11.9 Å². The van der Waals surface area contributed by atoms with E-state index in [-0.39, 0.29) is 31.9 Å². The van der Waals surface area contributed by atoms with Crippen LogP contribution in [0.2, 0.25) is 0 Å². The Morgan fingerprint density at radius 3 is 2.55 bits per heavy atom. The van der Waals surface area contributed by atoms with Crippen LogP contribution in [0, 0.1) is 0 Å². The number of benzene rings is 1. The predicted octanol–water partition coefficient (Wildman–Crippen LogP) is 3.00. The first-order chi connectivity index (χ1) is 13.8. The first-order valence-electron chi connectivity index (χ1n) is 8.81. The van der Waals surface area contributed by atoms with Crippen molar-refractivity contribution in [3.8, 4) is 11.5 Å². The third-order valence-electron chi connectivity index (χ3n) is 3.94. The van der Waals surface area contributed by atoms with Crippen LogP contribution >= 0.6 is 24.0 Å². The van der Waals surface area contributed by atoms with Crippen molar-refractivity contribution in [3.63, 3.8) is 0 Å². The van der Waals surface area contributed by atoms with Gasteiger partial charge in [0.15, 0.2) is 0 Å². The number of methoxy groups -OCH3 is 1. The second-order valence-corrected chi connectivity index (χ2v) is 7.76. The predicted molar refractivity (Wildman–Crippen MR) is 112 cm³/mol. The van der Waals surface area contributed by atoms with E-state index < -0.39 is 11.9 Å². The average Bonchev–Trinajstić information content (AvgIpc) is 2.93. The highest BCUT2D eigenvalue weighted by molar-refractivity contribution is 8.26. The van der Waals surface area contributed by atoms with Gasteiger partial charge in [0.1, 0.15) is 15.8 Å². The quantitative estimate of drug-likeness (QED) is 0.305. The molecule has 1 aromatic rings. The van der Waals surface area contributed by atoms with Crippen LogP contribution in [-0.4, -0.2) is 57.5 Å². The molecule has 2 rings (SSSR count). The molecule has 0 spiro atoms. The largest absolute Gasteiger partial charge is 0.496 e. The number of thioether (sulfide) groups is 1. The number of carbonyl (C=O) groups excluding carboxylic acids is 1. The lowest BCUT2D eigenvalue weighted by molar-refractivity contribution is -0.138. The molecule has 1 fully saturated rings. The zero-order chi connectivity index (χ0) is 21.4. The summed E-state index contributed by atoms with van der Waals surface area (Å²) >= 11 is 6.39. The van der Waals surface area contributed by atoms with Crippen molar-refractivity contribution >= 4 is 52.2 Å². The van der Waals surface area contributed by atoms with Crippen molar-refractivity contribution in [1.82, 2.24) is 4.90 Å². The van der Waals surface area contributed by atoms with Gasteiger partial charge in [-0.3, -0.25) is 19.3 Å². The number of hydrogen-bond donors (Lipinski definition) is 2. The second kappa shape index (κ2) is 10.8. The smallest absolute Gasteiger partial charge is 0.303 e. The van der Waals surface area contributed by atoms with Crippen molar-refractivity contribution in [3.05, 3.63) is 28.7 Å². The fourth-order valence-electron chi connectivity index (χ4n) is 2.54. The second-order valence-electron chi connectivity index (χ2n) is 6.08. The number of rotatable bonds is 11. The Morgan fingerprint density at radius 1 is 1.21 bits per heavy atom. The van der Waals surface area contributed by atoms with Crippen molar-refractivity contribution < 1.29 is 34.1 Å². The van der Waals surface area contributed by atoms with E-state index in [1.807, 2.05) is 0 Å². The highest BCUT2D eigenvalue weighted by atomic mass is 32.2. The summed E-state index contributed by atoms with van der Waals surface area (Å²) in [6.45, 7) is 0.526. The molecule has 0 saturated carbocycles. The van der Waals surface area contributed by atoms with Crippen LogP contribution in [0.4, 0.5) is 0 Å². The van der Waals surface area contributed by atoms with Gasteiger partial charge in [-0.1, -0.05) is 24.0 Å². The molecule has 1 saturated heterocycles. The molecule has 1 amide bonds. The van der Waals surface area contributed by atoms with Crippen LogP contribution in [-0.2, 0) is 14.4 Å². The minimum Gasteiger partial charge on any atom is -0.496 e. The number of aliphatic carboxylic acids is 2. The molecule has 0 bridgehead atoms. The molecule has 0 unspecified atom stereocenters. The van der Waals surface area contributed by atoms with Crippen molar-refractivity contribution in [2.24, 2.45) is 0 Å². The van der Waals surface area contributed by atoms with E-state index in [2.05, 4.69) is 0 Å². The molecule has 2 N–H and O–H groups in total. The summed E-state index contributed by atoms with van der Waals surface area (Å²) in [6, 6.07) is 5.12. The topological polar surface area (TPSA) is 113 Å². The molecule has 0 aromatic heterocycles. The Labute approximate surface area is 177 Å². The van der Waals surface area contributed by atoms with Crippen LogP contribution in [0.3, 0.4) is 0 Å². The Kier molecular flexibility index (Phi) is 8.47. The van der Waals surface area contributed by atoms with E-state index >= 15 is 0 Å². The summed E-state index contributed by atoms with van der Waals surface area (Å²) in [6.07, 6.45) is 2.39. The van der Waals surface area contributed by atoms with Gasteiger partial charge in [0, 0.05) is 31.0 Å². The zero-order valence-electron chi connectivity index (χ0n) is 15.8. The summed E-state index contributed by atoms with van der Waals surface area (Å²) in [5.41, 5.74) is 0.663. The number of carboxylic acid groups (broad SMARTS) is 2. The molecular weight excluding hydrogens is 418 g/mol. The van der Waals surface area contributed by atoms with Gasteiger partial charge in [-0.05, 0) is 31.1 Å². The minimum atomic E-state index is -0.916. The Balaban J connectivity index is 2.06. The summed E-state index contributed by atoms with van der Waals surface area (Å²) in [4.78, 5) is 35.6. The number of nitrogens with zero attached hydrogens (tertiary/aromatic N) is 1. The third-order valence-corrected chi connectivity index (χ3v) is 5.32. The zero-order valence-corrected chi connectivity index (χ0v) is 17.4. The van der Waals surface area contributed by atoms with Gasteiger partial charge in [-0.15, -0.1) is 0 Å². The molecule has 0 radical (unpaired) electrons. The van der Waals surface area contributed by atoms with Crippen molar-refractivity contribution in [2.75, 3.05) is 20.3 Å². The summed E-state index contributed by atoms with van der Waals surface area (Å²) in [5.74, 6) is -1.02. The lowest BCUT2D eigenvalue weighted by Gasteiger charge is -2.13. The van der Waals surface area contributed by atoms with Gasteiger partial charge in [0.25, 0.3) is 5.91 Å². The standard InChI is InChI=1S/C19H21NO7S2/c1-26-14-11-13(27-9-3-5-17(23)24)7-6-12(14)10-15-18(25)20(19(28)29-15)8-2-4-16(21)22/h6-7,10-11H,2-5,8-9H2,1H3,(H,21,22)(H,23,24)/b15-10-. The number of thiocarbonyl (C=S) groups is 1. The maximum atomic E-state index is 12.6. The highest BCUT2D eigenvalue weighted by Gasteiger charge is 2.31. The minimum absolute atomic E-state index is 0.0299. The van der Waals surface area contributed by atoms with Gasteiger partial charge in [0.2, 0.25) is 0 Å². The summed E-state index contributed by atoms with van der Waals surface area (Å²) < 4.78 is 11.3. The van der Waals surface area contributed by atoms with E-state index in [9.17, 15) is 14.4 Å². The van der Waals surface area contributed by atoms with Crippen LogP contribution in [0.5, 0.6) is 11.5 Å². The van der Waals surface area contributed by atoms with Gasteiger partial charge in [-0.2, -0.15) is 0 Å². The molecule has 29 heavy (non-hydrogen) atoms. The first-order valence-corrected chi connectivity index (χ1v) is 10.0. The molecule has 10 heteroatoms. The van der Waals surface area contributed by atoms with Crippen LogP contribution in [0.15, 0.2) is 23.1 Å². The Morgan fingerprint density at radius 2 is 1.90 bits per heavy atom. The van der Waals surface area contributed by atoms with Gasteiger partial charge < -0.3 is 19.7 Å². The van der Waals surface area contributed by atoms with E-state index in [4.69, 9.17) is 31.9 Å². The number of amides is 1. The Hall–Kier alpha value is -2.59. The maximum absolute atomic E-state index is 12.6. The fraction of sp³-hybridized carbons (Fsp3) is 0.368. The van der Waals surface area contributed by atoms with E-state index in [1.165, 1.54) is 12.0 Å². The van der Waals surface area contributed by atoms with Gasteiger partial charge in [0.05, 0.1) is 18.6 Å². The van der Waals surface area contributed by atoms with Crippen molar-refractivity contribution in [2.45, 2.75) is 25.7 Å². The van der Waals surface area contributed by atoms with Gasteiger partial charge in [-0.25, -0.2) is 0 Å². The highest BCUT2D eigenvalue weighted by Crippen LogP contribution is 2.35. The fourth-order valence-corrected chi connectivity index (χ4v) is 3.84. The van der Waals surface area contributed by atoms with Crippen LogP contribution in [0.25, 0.3) is 6.08 Å². The van der Waals surface area contributed by atoms with Crippen LogP contribution < -0.4 is 9.47 Å². The molecule has 1 aliphatic rings. The van der Waals surface area contributed by atoms with E-state index in [0.29, 0.717) is 39.1 Å². The SMILES string of the molecule is COc1cc(OCCCC(=O)O)ccc1/C=C1\SC(=S)N(CCCC(=O)O)C1=O. The summed E-state index contributed by atoms with van der Waals surface area (Å²) in [7, 11) is 1.50. The molecule has 8 nitrogen and oxygen atoms in total. The molecule has 0 atom stereocenters. The summed E-state index contributed by atoms with van der Waals surface area (Å²) in [5, 5.41) is 17.4. The molecule has 156 valence electrons. The lowest BCUT2D eigenvalue weighted by atomic mass is 10.1. The molecule has 1 aliphatic heterocycles. The normalized spacial score (nSPS) is 15.1. The Bertz CT molecular complexity index is 838. The third kappa shape index (κ3) is 6.75. The first kappa shape index (κ1) is 22.7. The number of carbonyl (C=O) groups is 3. The molecule has 1 aromatic carbocycles. The maximum Gasteiger partial charge on any atom is 0.303 e. The van der Waals surface area contributed by atoms with E-state index in [1.54, 1.807) is 24.3 Å². The van der Waals surface area contributed by atoms with E-state index in [0.717, 1.165) is 11.8 Å². The number of ether oxygens (including phenoxy) is 2.